The van der Waals surface area contributed by atoms with Gasteiger partial charge in [0.2, 0.25) is 5.91 Å². The van der Waals surface area contributed by atoms with Crippen LogP contribution in [0.1, 0.15) is 35.5 Å². The lowest BCUT2D eigenvalue weighted by molar-refractivity contribution is -0.138. The van der Waals surface area contributed by atoms with Gasteiger partial charge in [-0.05, 0) is 25.5 Å². The van der Waals surface area contributed by atoms with Gasteiger partial charge in [-0.25, -0.2) is 9.78 Å². The third-order valence-corrected chi connectivity index (χ3v) is 2.35. The Labute approximate surface area is 113 Å². The van der Waals surface area contributed by atoms with Crippen molar-refractivity contribution in [3.8, 4) is 0 Å². The number of alkyl halides is 3. The van der Waals surface area contributed by atoms with Crippen molar-refractivity contribution in [1.82, 2.24) is 4.98 Å². The van der Waals surface area contributed by atoms with Gasteiger partial charge in [-0.1, -0.05) is 0 Å². The Bertz CT molecular complexity index is 541. The van der Waals surface area contributed by atoms with Crippen molar-refractivity contribution in [3.05, 3.63) is 22.9 Å². The number of carbonyl (C=O) groups excluding carboxylic acids is 2. The number of pyridine rings is 1. The average Bonchev–Trinajstić information content (AvgIpc) is 2.29. The maximum atomic E-state index is 12.9. The van der Waals surface area contributed by atoms with Gasteiger partial charge in [0.05, 0.1) is 12.2 Å². The van der Waals surface area contributed by atoms with Gasteiger partial charge in [-0.3, -0.25) is 4.79 Å². The minimum absolute atomic E-state index is 0.00562. The molecule has 0 saturated carbocycles. The van der Waals surface area contributed by atoms with Crippen LogP contribution in [-0.2, 0) is 15.7 Å². The molecule has 1 amide bonds. The quantitative estimate of drug-likeness (QED) is 0.869. The molecule has 0 aliphatic rings. The molecule has 0 radical (unpaired) electrons. The minimum atomic E-state index is -4.67. The van der Waals surface area contributed by atoms with Gasteiger partial charge in [-0.15, -0.1) is 0 Å². The van der Waals surface area contributed by atoms with E-state index in [1.54, 1.807) is 0 Å². The van der Waals surface area contributed by atoms with Crippen LogP contribution in [0, 0.1) is 6.92 Å². The lowest BCUT2D eigenvalue weighted by atomic mass is 10.1. The van der Waals surface area contributed by atoms with Crippen LogP contribution in [-0.4, -0.2) is 23.5 Å². The number of carbonyl (C=O) groups is 2. The molecule has 0 aliphatic carbocycles. The van der Waals surface area contributed by atoms with Crippen LogP contribution >= 0.6 is 0 Å². The lowest BCUT2D eigenvalue weighted by Crippen LogP contribution is -2.18. The van der Waals surface area contributed by atoms with Gasteiger partial charge in [0.25, 0.3) is 0 Å². The van der Waals surface area contributed by atoms with E-state index in [0.717, 1.165) is 13.8 Å². The van der Waals surface area contributed by atoms with Crippen molar-refractivity contribution in [2.24, 2.45) is 0 Å². The number of amides is 1. The molecule has 5 nitrogen and oxygen atoms in total. The summed E-state index contributed by atoms with van der Waals surface area (Å²) in [6.45, 7) is 3.78. The first-order chi connectivity index (χ1) is 9.16. The van der Waals surface area contributed by atoms with E-state index in [1.807, 2.05) is 0 Å². The highest BCUT2D eigenvalue weighted by Crippen LogP contribution is 2.34. The van der Waals surface area contributed by atoms with E-state index in [9.17, 15) is 22.8 Å². The second-order valence-electron chi connectivity index (χ2n) is 3.93. The normalized spacial score (nSPS) is 11.1. The van der Waals surface area contributed by atoms with Crippen LogP contribution in [0.25, 0.3) is 0 Å². The fraction of sp³-hybridized carbons (Fsp3) is 0.417. The fourth-order valence-electron chi connectivity index (χ4n) is 1.55. The third-order valence-electron chi connectivity index (χ3n) is 2.35. The molecule has 8 heteroatoms. The van der Waals surface area contributed by atoms with Crippen molar-refractivity contribution < 1.29 is 27.5 Å². The van der Waals surface area contributed by atoms with Gasteiger partial charge in [0.1, 0.15) is 5.82 Å². The van der Waals surface area contributed by atoms with Crippen LogP contribution in [0.15, 0.2) is 6.07 Å². The predicted octanol–water partition coefficient (Wildman–Crippen LogP) is 2.54. The lowest BCUT2D eigenvalue weighted by Gasteiger charge is -2.15. The number of nitrogens with one attached hydrogen (secondary N) is 1. The Kier molecular flexibility index (Phi) is 4.69. The summed E-state index contributed by atoms with van der Waals surface area (Å²) in [6.07, 6.45) is -4.67. The molecule has 1 N–H and O–H groups in total. The van der Waals surface area contributed by atoms with E-state index in [-0.39, 0.29) is 18.0 Å². The Balaban J connectivity index is 3.42. The Morgan fingerprint density at radius 1 is 1.40 bits per heavy atom. The molecule has 0 unspecified atom stereocenters. The average molecular weight is 290 g/mol. The number of nitrogens with zero attached hydrogens (tertiary/aromatic N) is 1. The first-order valence-corrected chi connectivity index (χ1v) is 5.70. The zero-order valence-corrected chi connectivity index (χ0v) is 11.1. The summed E-state index contributed by atoms with van der Waals surface area (Å²) in [5.41, 5.74) is -1.85. The smallest absolute Gasteiger partial charge is 0.416 e. The molecule has 0 fully saturated rings. The minimum Gasteiger partial charge on any atom is -0.461 e. The molecule has 0 aromatic carbocycles. The van der Waals surface area contributed by atoms with E-state index in [1.165, 1.54) is 6.92 Å². The zero-order valence-electron chi connectivity index (χ0n) is 11.1. The van der Waals surface area contributed by atoms with Crippen LogP contribution < -0.4 is 5.32 Å². The third kappa shape index (κ3) is 3.69. The molecule has 1 aromatic heterocycles. The number of aromatic nitrogens is 1. The summed E-state index contributed by atoms with van der Waals surface area (Å²) in [4.78, 5) is 26.2. The highest BCUT2D eigenvalue weighted by Gasteiger charge is 2.35. The standard InChI is InChI=1S/C12H13F3N2O3/c1-4-20-11(19)10-6(2)8(12(13,14)15)5-9(17-10)16-7(3)18/h5H,4H2,1-3H3,(H,16,17,18). The first-order valence-electron chi connectivity index (χ1n) is 5.70. The van der Waals surface area contributed by atoms with Crippen molar-refractivity contribution in [1.29, 1.82) is 0 Å². The number of esters is 1. The Morgan fingerprint density at radius 3 is 2.45 bits per heavy atom. The van der Waals surface area contributed by atoms with Crippen molar-refractivity contribution >= 4 is 17.7 Å². The summed E-state index contributed by atoms with van der Waals surface area (Å²) in [5.74, 6) is -1.91. The summed E-state index contributed by atoms with van der Waals surface area (Å²) in [6, 6.07) is 0.680. The van der Waals surface area contributed by atoms with Crippen molar-refractivity contribution in [2.75, 3.05) is 11.9 Å². The molecule has 1 rings (SSSR count). The summed E-state index contributed by atoms with van der Waals surface area (Å²) < 4.78 is 43.4. The SMILES string of the molecule is CCOC(=O)c1nc(NC(C)=O)cc(C(F)(F)F)c1C. The zero-order chi connectivity index (χ0) is 15.5. The second kappa shape index (κ2) is 5.89. The molecule has 0 aliphatic heterocycles. The Morgan fingerprint density at radius 2 is 2.00 bits per heavy atom. The van der Waals surface area contributed by atoms with Gasteiger partial charge >= 0.3 is 12.1 Å². The summed E-state index contributed by atoms with van der Waals surface area (Å²) >= 11 is 0. The molecule has 1 aromatic rings. The van der Waals surface area contributed by atoms with Gasteiger partial charge < -0.3 is 10.1 Å². The Hall–Kier alpha value is -2.12. The van der Waals surface area contributed by atoms with Gasteiger partial charge in [0, 0.05) is 6.92 Å². The van der Waals surface area contributed by atoms with Gasteiger partial charge in [-0.2, -0.15) is 13.2 Å². The molecule has 0 saturated heterocycles. The van der Waals surface area contributed by atoms with E-state index in [0.29, 0.717) is 6.07 Å². The number of hydrogen-bond donors (Lipinski definition) is 1. The number of hydrogen-bond acceptors (Lipinski definition) is 4. The van der Waals surface area contributed by atoms with Crippen molar-refractivity contribution in [2.45, 2.75) is 26.9 Å². The van der Waals surface area contributed by atoms with Crippen LogP contribution in [0.5, 0.6) is 0 Å². The van der Waals surface area contributed by atoms with E-state index < -0.39 is 29.3 Å². The summed E-state index contributed by atoms with van der Waals surface area (Å²) in [5, 5.41) is 2.12. The predicted molar refractivity (Wildman–Crippen MR) is 64.2 cm³/mol. The molecular formula is C12H13F3N2O3. The monoisotopic (exact) mass is 290 g/mol. The maximum absolute atomic E-state index is 12.9. The first kappa shape index (κ1) is 15.9. The highest BCUT2D eigenvalue weighted by atomic mass is 19.4. The number of anilines is 1. The number of halogens is 3. The molecular weight excluding hydrogens is 277 g/mol. The van der Waals surface area contributed by atoms with E-state index in [2.05, 4.69) is 15.0 Å². The molecule has 0 bridgehead atoms. The maximum Gasteiger partial charge on any atom is 0.416 e. The topological polar surface area (TPSA) is 68.3 Å². The number of ether oxygens (including phenoxy) is 1. The molecule has 1 heterocycles. The fourth-order valence-corrected chi connectivity index (χ4v) is 1.55. The summed E-state index contributed by atoms with van der Waals surface area (Å²) in [7, 11) is 0. The molecule has 0 spiro atoms. The van der Waals surface area contributed by atoms with Gasteiger partial charge in [0.15, 0.2) is 5.69 Å². The van der Waals surface area contributed by atoms with E-state index in [4.69, 9.17) is 0 Å². The highest BCUT2D eigenvalue weighted by molar-refractivity contribution is 5.92. The van der Waals surface area contributed by atoms with Crippen LogP contribution in [0.4, 0.5) is 19.0 Å². The van der Waals surface area contributed by atoms with Crippen LogP contribution in [0.3, 0.4) is 0 Å². The van der Waals surface area contributed by atoms with E-state index >= 15 is 0 Å². The molecule has 110 valence electrons. The molecule has 0 atom stereocenters. The molecule has 20 heavy (non-hydrogen) atoms. The number of rotatable bonds is 3. The second-order valence-corrected chi connectivity index (χ2v) is 3.93. The van der Waals surface area contributed by atoms with Crippen LogP contribution in [0.2, 0.25) is 0 Å². The largest absolute Gasteiger partial charge is 0.461 e. The van der Waals surface area contributed by atoms with Crippen molar-refractivity contribution in [3.63, 3.8) is 0 Å².